The Labute approximate surface area is 97.0 Å². The summed E-state index contributed by atoms with van der Waals surface area (Å²) >= 11 is 0. The molecule has 1 N–H and O–H groups in total. The minimum absolute atomic E-state index is 0.434. The Bertz CT molecular complexity index is 329. The molecule has 4 nitrogen and oxygen atoms in total. The van der Waals surface area contributed by atoms with Gasteiger partial charge in [-0.05, 0) is 5.92 Å². The average Bonchev–Trinajstić information content (AvgIpc) is 2.78. The van der Waals surface area contributed by atoms with Crippen molar-refractivity contribution in [3.63, 3.8) is 0 Å². The standard InChI is InChI=1S/C12H21N3O/c1-9(2)10(3)11-8-12(14-16-11)15-6-4-13-5-7-15/h8-10,13H,4-7H2,1-3H3. The fourth-order valence-corrected chi connectivity index (χ4v) is 1.87. The average molecular weight is 223 g/mol. The highest BCUT2D eigenvalue weighted by atomic mass is 16.5. The molecule has 90 valence electrons. The SMILES string of the molecule is CC(C)C(C)c1cc(N2CCNCC2)no1. The number of anilines is 1. The molecule has 0 radical (unpaired) electrons. The van der Waals surface area contributed by atoms with E-state index in [9.17, 15) is 0 Å². The van der Waals surface area contributed by atoms with Gasteiger partial charge in [-0.25, -0.2) is 0 Å². The van der Waals surface area contributed by atoms with Gasteiger partial charge in [-0.2, -0.15) is 0 Å². The lowest BCUT2D eigenvalue weighted by molar-refractivity contribution is 0.338. The highest BCUT2D eigenvalue weighted by molar-refractivity contribution is 5.39. The van der Waals surface area contributed by atoms with E-state index in [1.54, 1.807) is 0 Å². The first-order valence-electron chi connectivity index (χ1n) is 6.10. The van der Waals surface area contributed by atoms with E-state index in [4.69, 9.17) is 4.52 Å². The quantitative estimate of drug-likeness (QED) is 0.849. The predicted octanol–water partition coefficient (Wildman–Crippen LogP) is 1.84. The minimum Gasteiger partial charge on any atom is -0.359 e. The predicted molar refractivity (Wildman–Crippen MR) is 64.8 cm³/mol. The van der Waals surface area contributed by atoms with Gasteiger partial charge in [-0.15, -0.1) is 0 Å². The van der Waals surface area contributed by atoms with Crippen LogP contribution in [0.1, 0.15) is 32.4 Å². The van der Waals surface area contributed by atoms with E-state index in [0.29, 0.717) is 11.8 Å². The summed E-state index contributed by atoms with van der Waals surface area (Å²) in [5, 5.41) is 7.50. The third-order valence-electron chi connectivity index (χ3n) is 3.41. The molecule has 0 aromatic carbocycles. The van der Waals surface area contributed by atoms with E-state index < -0.39 is 0 Å². The van der Waals surface area contributed by atoms with Crippen molar-refractivity contribution in [2.24, 2.45) is 5.92 Å². The smallest absolute Gasteiger partial charge is 0.172 e. The molecule has 1 aliphatic heterocycles. The zero-order valence-corrected chi connectivity index (χ0v) is 10.4. The largest absolute Gasteiger partial charge is 0.359 e. The summed E-state index contributed by atoms with van der Waals surface area (Å²) in [7, 11) is 0. The van der Waals surface area contributed by atoms with Crippen LogP contribution in [-0.2, 0) is 0 Å². The molecule has 0 spiro atoms. The lowest BCUT2D eigenvalue weighted by Gasteiger charge is -2.26. The number of nitrogens with zero attached hydrogens (tertiary/aromatic N) is 2. The lowest BCUT2D eigenvalue weighted by Crippen LogP contribution is -2.43. The molecule has 1 aromatic rings. The van der Waals surface area contributed by atoms with Gasteiger partial charge in [0.1, 0.15) is 5.76 Å². The summed E-state index contributed by atoms with van der Waals surface area (Å²) < 4.78 is 5.43. The zero-order chi connectivity index (χ0) is 11.5. The summed E-state index contributed by atoms with van der Waals surface area (Å²) in [6.07, 6.45) is 0. The second-order valence-corrected chi connectivity index (χ2v) is 4.86. The fraction of sp³-hybridized carbons (Fsp3) is 0.750. The lowest BCUT2D eigenvalue weighted by atomic mass is 9.96. The van der Waals surface area contributed by atoms with Crippen LogP contribution in [0, 0.1) is 5.92 Å². The van der Waals surface area contributed by atoms with Crippen molar-refractivity contribution in [3.05, 3.63) is 11.8 Å². The van der Waals surface area contributed by atoms with Gasteiger partial charge >= 0.3 is 0 Å². The molecule has 2 heterocycles. The molecule has 1 saturated heterocycles. The molecule has 0 saturated carbocycles. The number of nitrogens with one attached hydrogen (secondary N) is 1. The van der Waals surface area contributed by atoms with Crippen molar-refractivity contribution < 1.29 is 4.52 Å². The molecular weight excluding hydrogens is 202 g/mol. The summed E-state index contributed by atoms with van der Waals surface area (Å²) in [6.45, 7) is 10.7. The molecule has 0 aliphatic carbocycles. The van der Waals surface area contributed by atoms with Crippen LogP contribution in [0.15, 0.2) is 10.6 Å². The summed E-state index contributed by atoms with van der Waals surface area (Å²) in [5.41, 5.74) is 0. The van der Waals surface area contributed by atoms with Crippen LogP contribution in [0.3, 0.4) is 0 Å². The molecule has 1 aromatic heterocycles. The normalized spacial score (nSPS) is 19.1. The molecule has 0 bridgehead atoms. The van der Waals surface area contributed by atoms with E-state index in [0.717, 1.165) is 37.8 Å². The summed E-state index contributed by atoms with van der Waals surface area (Å²) in [6, 6.07) is 2.09. The number of aromatic nitrogens is 1. The van der Waals surface area contributed by atoms with E-state index in [1.807, 2.05) is 0 Å². The van der Waals surface area contributed by atoms with Gasteiger partial charge in [0.15, 0.2) is 5.82 Å². The number of piperazine rings is 1. The van der Waals surface area contributed by atoms with Crippen LogP contribution in [-0.4, -0.2) is 31.3 Å². The highest BCUT2D eigenvalue weighted by Gasteiger charge is 2.19. The second kappa shape index (κ2) is 4.87. The van der Waals surface area contributed by atoms with Crippen LogP contribution in [0.5, 0.6) is 0 Å². The first-order chi connectivity index (χ1) is 7.68. The molecule has 1 fully saturated rings. The van der Waals surface area contributed by atoms with E-state index >= 15 is 0 Å². The zero-order valence-electron chi connectivity index (χ0n) is 10.4. The number of hydrogen-bond donors (Lipinski definition) is 1. The molecule has 2 rings (SSSR count). The fourth-order valence-electron chi connectivity index (χ4n) is 1.87. The Kier molecular flexibility index (Phi) is 3.49. The van der Waals surface area contributed by atoms with Crippen molar-refractivity contribution in [3.8, 4) is 0 Å². The molecule has 1 unspecified atom stereocenters. The third-order valence-corrected chi connectivity index (χ3v) is 3.41. The van der Waals surface area contributed by atoms with E-state index in [1.165, 1.54) is 0 Å². The first-order valence-corrected chi connectivity index (χ1v) is 6.10. The van der Waals surface area contributed by atoms with Gasteiger partial charge in [-0.1, -0.05) is 25.9 Å². The Morgan fingerprint density at radius 3 is 2.62 bits per heavy atom. The third kappa shape index (κ3) is 2.38. The van der Waals surface area contributed by atoms with Crippen molar-refractivity contribution >= 4 is 5.82 Å². The maximum atomic E-state index is 5.43. The Morgan fingerprint density at radius 2 is 2.00 bits per heavy atom. The number of rotatable bonds is 3. The van der Waals surface area contributed by atoms with Gasteiger partial charge in [0.05, 0.1) is 0 Å². The van der Waals surface area contributed by atoms with Crippen LogP contribution in [0.2, 0.25) is 0 Å². The van der Waals surface area contributed by atoms with Crippen LogP contribution in [0.4, 0.5) is 5.82 Å². The molecule has 16 heavy (non-hydrogen) atoms. The monoisotopic (exact) mass is 223 g/mol. The van der Waals surface area contributed by atoms with Crippen molar-refractivity contribution in [1.82, 2.24) is 10.5 Å². The van der Waals surface area contributed by atoms with E-state index in [-0.39, 0.29) is 0 Å². The molecule has 1 atom stereocenters. The van der Waals surface area contributed by atoms with Crippen molar-refractivity contribution in [2.75, 3.05) is 31.1 Å². The molecule has 0 amide bonds. The first kappa shape index (κ1) is 11.5. The van der Waals surface area contributed by atoms with Gasteiger partial charge in [0.25, 0.3) is 0 Å². The van der Waals surface area contributed by atoms with Crippen LogP contribution >= 0.6 is 0 Å². The molecule has 4 heteroatoms. The maximum Gasteiger partial charge on any atom is 0.172 e. The van der Waals surface area contributed by atoms with Gasteiger partial charge in [0.2, 0.25) is 0 Å². The molecule has 1 aliphatic rings. The topological polar surface area (TPSA) is 41.3 Å². The van der Waals surface area contributed by atoms with Gasteiger partial charge < -0.3 is 14.7 Å². The second-order valence-electron chi connectivity index (χ2n) is 4.86. The van der Waals surface area contributed by atoms with Crippen LogP contribution in [0.25, 0.3) is 0 Å². The minimum atomic E-state index is 0.434. The molecular formula is C12H21N3O. The van der Waals surface area contributed by atoms with Crippen molar-refractivity contribution in [1.29, 1.82) is 0 Å². The van der Waals surface area contributed by atoms with Crippen molar-refractivity contribution in [2.45, 2.75) is 26.7 Å². The Balaban J connectivity index is 2.06. The Morgan fingerprint density at radius 1 is 1.31 bits per heavy atom. The summed E-state index contributed by atoms with van der Waals surface area (Å²) in [4.78, 5) is 2.27. The maximum absolute atomic E-state index is 5.43. The highest BCUT2D eigenvalue weighted by Crippen LogP contribution is 2.26. The summed E-state index contributed by atoms with van der Waals surface area (Å²) in [5.74, 6) is 3.01. The Hall–Kier alpha value is -1.03. The van der Waals surface area contributed by atoms with Gasteiger partial charge in [0, 0.05) is 38.2 Å². The number of hydrogen-bond acceptors (Lipinski definition) is 4. The van der Waals surface area contributed by atoms with Crippen LogP contribution < -0.4 is 10.2 Å². The van der Waals surface area contributed by atoms with Gasteiger partial charge in [-0.3, -0.25) is 0 Å². The van der Waals surface area contributed by atoms with E-state index in [2.05, 4.69) is 42.2 Å².